The average molecular weight is 354 g/mol. The molecule has 1 fully saturated rings. The number of aryl methyl sites for hydroxylation is 1. The minimum Gasteiger partial charge on any atom is -0.294 e. The van der Waals surface area contributed by atoms with Gasteiger partial charge >= 0.3 is 0 Å². The van der Waals surface area contributed by atoms with Crippen molar-refractivity contribution in [1.82, 2.24) is 14.5 Å². The van der Waals surface area contributed by atoms with Crippen LogP contribution < -0.4 is 0 Å². The van der Waals surface area contributed by atoms with Crippen LogP contribution in [0.3, 0.4) is 0 Å². The molecule has 0 spiro atoms. The van der Waals surface area contributed by atoms with Crippen LogP contribution in [0.5, 0.6) is 0 Å². The molecule has 3 aromatic rings. The van der Waals surface area contributed by atoms with Crippen LogP contribution in [0.2, 0.25) is 5.02 Å². The number of carbonyl (C=O) groups excluding carboxylic acids is 1. The van der Waals surface area contributed by atoms with Crippen LogP contribution in [-0.4, -0.2) is 40.0 Å². The predicted octanol–water partition coefficient (Wildman–Crippen LogP) is 4.40. The van der Waals surface area contributed by atoms with Crippen molar-refractivity contribution < 1.29 is 4.79 Å². The molecule has 0 unspecified atom stereocenters. The van der Waals surface area contributed by atoms with Gasteiger partial charge in [0.2, 0.25) is 5.91 Å². The highest BCUT2D eigenvalue weighted by atomic mass is 35.5. The van der Waals surface area contributed by atoms with Crippen molar-refractivity contribution >= 4 is 28.5 Å². The molecule has 128 valence electrons. The van der Waals surface area contributed by atoms with Crippen LogP contribution in [0.4, 0.5) is 0 Å². The van der Waals surface area contributed by atoms with E-state index in [9.17, 15) is 4.79 Å². The summed E-state index contributed by atoms with van der Waals surface area (Å²) in [5.41, 5.74) is 4.71. The zero-order valence-corrected chi connectivity index (χ0v) is 15.0. The molecule has 3 heterocycles. The molecule has 0 saturated carbocycles. The van der Waals surface area contributed by atoms with E-state index in [4.69, 9.17) is 11.6 Å². The van der Waals surface area contributed by atoms with Gasteiger partial charge in [-0.05, 0) is 44.5 Å². The number of fused-ring (bicyclic) bond motifs is 1. The molecule has 4 rings (SSSR count). The molecule has 0 atom stereocenters. The second-order valence-corrected chi connectivity index (χ2v) is 7.09. The summed E-state index contributed by atoms with van der Waals surface area (Å²) in [5.74, 6) is 0.0435. The Labute approximate surface area is 152 Å². The molecular weight excluding hydrogens is 334 g/mol. The Kier molecular flexibility index (Phi) is 4.32. The summed E-state index contributed by atoms with van der Waals surface area (Å²) in [6.07, 6.45) is 5.84. The summed E-state index contributed by atoms with van der Waals surface area (Å²) in [7, 11) is 0. The molecule has 0 amide bonds. The lowest BCUT2D eigenvalue weighted by Gasteiger charge is -2.14. The average Bonchev–Trinajstić information content (AvgIpc) is 3.22. The number of hydrogen-bond acceptors (Lipinski definition) is 3. The standard InChI is InChI=1S/C20H20ClN3O/c1-14-5-4-6-15(9-14)16-10-18-20(22-11-16)17(21)12-24(18)19(25)13-23-7-2-3-8-23/h4-6,9-12H,2-3,7-8,13H2,1H3. The van der Waals surface area contributed by atoms with Crippen LogP contribution in [-0.2, 0) is 0 Å². The Bertz CT molecular complexity index is 941. The lowest BCUT2D eigenvalue weighted by atomic mass is 10.1. The molecule has 25 heavy (non-hydrogen) atoms. The monoisotopic (exact) mass is 353 g/mol. The first-order chi connectivity index (χ1) is 12.1. The number of aromatic nitrogens is 2. The molecule has 0 radical (unpaired) electrons. The van der Waals surface area contributed by atoms with Crippen LogP contribution in [0.1, 0.15) is 23.2 Å². The number of carbonyl (C=O) groups is 1. The zero-order chi connectivity index (χ0) is 17.4. The van der Waals surface area contributed by atoms with Gasteiger partial charge in [0.1, 0.15) is 5.52 Å². The maximum absolute atomic E-state index is 12.8. The van der Waals surface area contributed by atoms with Gasteiger partial charge in [0.15, 0.2) is 0 Å². The van der Waals surface area contributed by atoms with E-state index < -0.39 is 0 Å². The largest absolute Gasteiger partial charge is 0.294 e. The summed E-state index contributed by atoms with van der Waals surface area (Å²) < 4.78 is 1.66. The highest BCUT2D eigenvalue weighted by Crippen LogP contribution is 2.29. The van der Waals surface area contributed by atoms with Crippen LogP contribution in [0.15, 0.2) is 42.7 Å². The van der Waals surface area contributed by atoms with E-state index in [0.29, 0.717) is 17.1 Å². The SMILES string of the molecule is Cc1cccc(-c2cnc3c(Cl)cn(C(=O)CN4CCCC4)c3c2)c1. The van der Waals surface area contributed by atoms with Crippen LogP contribution >= 0.6 is 11.6 Å². The summed E-state index contributed by atoms with van der Waals surface area (Å²) >= 11 is 6.31. The van der Waals surface area contributed by atoms with Gasteiger partial charge in [-0.1, -0.05) is 41.4 Å². The topological polar surface area (TPSA) is 38.1 Å². The van der Waals surface area contributed by atoms with Gasteiger partial charge in [-0.15, -0.1) is 0 Å². The third kappa shape index (κ3) is 3.20. The Balaban J connectivity index is 1.74. The van der Waals surface area contributed by atoms with Crippen molar-refractivity contribution in [3.05, 3.63) is 53.3 Å². The smallest absolute Gasteiger partial charge is 0.245 e. The van der Waals surface area contributed by atoms with E-state index in [1.807, 2.05) is 18.3 Å². The Morgan fingerprint density at radius 3 is 2.76 bits per heavy atom. The fourth-order valence-corrected chi connectivity index (χ4v) is 3.71. The first-order valence-corrected chi connectivity index (χ1v) is 8.99. The van der Waals surface area contributed by atoms with Crippen LogP contribution in [0.25, 0.3) is 22.2 Å². The second-order valence-electron chi connectivity index (χ2n) is 6.69. The maximum Gasteiger partial charge on any atom is 0.245 e. The van der Waals surface area contributed by atoms with E-state index in [1.165, 1.54) is 18.4 Å². The summed E-state index contributed by atoms with van der Waals surface area (Å²) in [6.45, 7) is 4.47. The van der Waals surface area contributed by atoms with Crippen molar-refractivity contribution in [2.24, 2.45) is 0 Å². The summed E-state index contributed by atoms with van der Waals surface area (Å²) in [5, 5.41) is 0.514. The number of nitrogens with zero attached hydrogens (tertiary/aromatic N) is 3. The van der Waals surface area contributed by atoms with E-state index in [1.54, 1.807) is 10.8 Å². The predicted molar refractivity (Wildman–Crippen MR) is 101 cm³/mol. The number of rotatable bonds is 3. The normalized spacial score (nSPS) is 15.1. The molecule has 1 saturated heterocycles. The van der Waals surface area contributed by atoms with Crippen molar-refractivity contribution in [2.45, 2.75) is 19.8 Å². The van der Waals surface area contributed by atoms with E-state index in [2.05, 4.69) is 35.0 Å². The summed E-state index contributed by atoms with van der Waals surface area (Å²) in [4.78, 5) is 19.5. The molecule has 1 aliphatic rings. The van der Waals surface area contributed by atoms with Crippen molar-refractivity contribution in [2.75, 3.05) is 19.6 Å². The Hall–Kier alpha value is -2.17. The number of hydrogen-bond donors (Lipinski definition) is 0. The maximum atomic E-state index is 12.8. The minimum atomic E-state index is 0.0435. The van der Waals surface area contributed by atoms with Gasteiger partial charge in [-0.25, -0.2) is 0 Å². The molecule has 2 aromatic heterocycles. The second kappa shape index (κ2) is 6.62. The number of likely N-dealkylation sites (tertiary alicyclic amines) is 1. The van der Waals surface area contributed by atoms with Crippen molar-refractivity contribution in [3.8, 4) is 11.1 Å². The zero-order valence-electron chi connectivity index (χ0n) is 14.2. The Morgan fingerprint density at radius 2 is 2.00 bits per heavy atom. The van der Waals surface area contributed by atoms with Gasteiger partial charge in [0.05, 0.1) is 17.1 Å². The quantitative estimate of drug-likeness (QED) is 0.700. The third-order valence-corrected chi connectivity index (χ3v) is 5.05. The van der Waals surface area contributed by atoms with Crippen molar-refractivity contribution in [3.63, 3.8) is 0 Å². The fourth-order valence-electron chi connectivity index (χ4n) is 3.46. The van der Waals surface area contributed by atoms with Gasteiger partial charge in [0.25, 0.3) is 0 Å². The van der Waals surface area contributed by atoms with Gasteiger partial charge < -0.3 is 0 Å². The minimum absolute atomic E-state index is 0.0435. The van der Waals surface area contributed by atoms with Gasteiger partial charge in [-0.3, -0.25) is 19.2 Å². The molecule has 0 aliphatic carbocycles. The molecule has 4 nitrogen and oxygen atoms in total. The molecule has 0 bridgehead atoms. The highest BCUT2D eigenvalue weighted by molar-refractivity contribution is 6.35. The molecule has 0 N–H and O–H groups in total. The Morgan fingerprint density at radius 1 is 1.20 bits per heavy atom. The fraction of sp³-hybridized carbons (Fsp3) is 0.300. The lowest BCUT2D eigenvalue weighted by Crippen LogP contribution is -2.29. The molecule has 5 heteroatoms. The lowest BCUT2D eigenvalue weighted by molar-refractivity contribution is 0.0868. The number of halogens is 1. The first kappa shape index (κ1) is 16.3. The number of pyridine rings is 1. The van der Waals surface area contributed by atoms with Gasteiger partial charge in [-0.2, -0.15) is 0 Å². The van der Waals surface area contributed by atoms with Crippen molar-refractivity contribution in [1.29, 1.82) is 0 Å². The van der Waals surface area contributed by atoms with Crippen LogP contribution in [0, 0.1) is 6.92 Å². The van der Waals surface area contributed by atoms with E-state index in [-0.39, 0.29) is 5.91 Å². The first-order valence-electron chi connectivity index (χ1n) is 8.61. The number of benzene rings is 1. The molecule has 1 aromatic carbocycles. The van der Waals surface area contributed by atoms with Gasteiger partial charge in [0, 0.05) is 18.0 Å². The molecular formula is C20H20ClN3O. The third-order valence-electron chi connectivity index (χ3n) is 4.77. The van der Waals surface area contributed by atoms with E-state index >= 15 is 0 Å². The highest BCUT2D eigenvalue weighted by Gasteiger charge is 2.19. The van der Waals surface area contributed by atoms with E-state index in [0.717, 1.165) is 29.7 Å². The summed E-state index contributed by atoms with van der Waals surface area (Å²) in [6, 6.07) is 10.3. The molecule has 1 aliphatic heterocycles.